The first kappa shape index (κ1) is 11.5. The lowest BCUT2D eigenvalue weighted by Gasteiger charge is -2.09. The van der Waals surface area contributed by atoms with Crippen molar-refractivity contribution in [3.63, 3.8) is 0 Å². The molecular formula is C14H10N4. The second-order valence-corrected chi connectivity index (χ2v) is 3.80. The molecule has 0 aromatic heterocycles. The maximum atomic E-state index is 9.01. The first-order valence-corrected chi connectivity index (χ1v) is 5.26. The van der Waals surface area contributed by atoms with E-state index in [0.29, 0.717) is 22.5 Å². The number of hydrogen-bond acceptors (Lipinski definition) is 4. The van der Waals surface area contributed by atoms with Crippen molar-refractivity contribution in [1.29, 1.82) is 10.5 Å². The summed E-state index contributed by atoms with van der Waals surface area (Å²) in [5.74, 6) is 0. The third-order valence-electron chi connectivity index (χ3n) is 2.69. The van der Waals surface area contributed by atoms with Gasteiger partial charge < -0.3 is 11.5 Å². The molecule has 0 aliphatic carbocycles. The van der Waals surface area contributed by atoms with E-state index in [1.165, 1.54) is 0 Å². The molecule has 2 aromatic carbocycles. The van der Waals surface area contributed by atoms with Gasteiger partial charge in [-0.1, -0.05) is 18.2 Å². The molecular weight excluding hydrogens is 224 g/mol. The lowest BCUT2D eigenvalue weighted by molar-refractivity contribution is 1.47. The fourth-order valence-corrected chi connectivity index (χ4v) is 1.77. The van der Waals surface area contributed by atoms with Crippen LogP contribution in [0, 0.1) is 22.7 Å². The fourth-order valence-electron chi connectivity index (χ4n) is 1.77. The topological polar surface area (TPSA) is 99.6 Å². The van der Waals surface area contributed by atoms with Crippen LogP contribution in [-0.2, 0) is 0 Å². The summed E-state index contributed by atoms with van der Waals surface area (Å²) in [7, 11) is 0. The molecule has 18 heavy (non-hydrogen) atoms. The van der Waals surface area contributed by atoms with Gasteiger partial charge in [0.05, 0.1) is 28.6 Å². The zero-order valence-corrected chi connectivity index (χ0v) is 9.51. The third kappa shape index (κ3) is 1.83. The molecule has 4 N–H and O–H groups in total. The van der Waals surface area contributed by atoms with E-state index in [1.54, 1.807) is 30.3 Å². The maximum Gasteiger partial charge on any atom is 0.104 e. The highest BCUT2D eigenvalue weighted by molar-refractivity contribution is 5.85. The lowest BCUT2D eigenvalue weighted by Crippen LogP contribution is -1.99. The second-order valence-electron chi connectivity index (χ2n) is 3.80. The predicted octanol–water partition coefficient (Wildman–Crippen LogP) is 2.26. The number of nitriles is 2. The minimum absolute atomic E-state index is 0.273. The third-order valence-corrected chi connectivity index (χ3v) is 2.69. The van der Waals surface area contributed by atoms with Gasteiger partial charge in [0.15, 0.2) is 0 Å². The molecule has 0 atom stereocenters. The monoisotopic (exact) mass is 234 g/mol. The van der Waals surface area contributed by atoms with Crippen LogP contribution in [0.2, 0.25) is 0 Å². The van der Waals surface area contributed by atoms with Crippen LogP contribution in [0.15, 0.2) is 36.4 Å². The van der Waals surface area contributed by atoms with Crippen molar-refractivity contribution in [1.82, 2.24) is 0 Å². The van der Waals surface area contributed by atoms with Gasteiger partial charge >= 0.3 is 0 Å². The number of nitrogen functional groups attached to an aromatic ring is 2. The van der Waals surface area contributed by atoms with E-state index in [4.69, 9.17) is 22.0 Å². The Kier molecular flexibility index (Phi) is 2.87. The van der Waals surface area contributed by atoms with Crippen LogP contribution in [0.25, 0.3) is 11.1 Å². The van der Waals surface area contributed by atoms with E-state index in [-0.39, 0.29) is 5.56 Å². The minimum Gasteiger partial charge on any atom is -0.398 e. The zero-order chi connectivity index (χ0) is 13.1. The molecule has 2 aromatic rings. The molecule has 0 aliphatic heterocycles. The van der Waals surface area contributed by atoms with Gasteiger partial charge in [0, 0.05) is 5.56 Å². The summed E-state index contributed by atoms with van der Waals surface area (Å²) in [4.78, 5) is 0. The van der Waals surface area contributed by atoms with Crippen molar-refractivity contribution in [2.75, 3.05) is 11.5 Å². The normalized spacial score (nSPS) is 9.44. The zero-order valence-electron chi connectivity index (χ0n) is 9.51. The molecule has 0 radical (unpaired) electrons. The van der Waals surface area contributed by atoms with E-state index in [1.807, 2.05) is 12.1 Å². The largest absolute Gasteiger partial charge is 0.398 e. The van der Waals surface area contributed by atoms with Crippen LogP contribution < -0.4 is 11.5 Å². The number of nitrogens with zero attached hydrogens (tertiary/aromatic N) is 2. The Balaban J connectivity index is 2.66. The highest BCUT2D eigenvalue weighted by atomic mass is 14.6. The van der Waals surface area contributed by atoms with Gasteiger partial charge in [0.25, 0.3) is 0 Å². The molecule has 4 heteroatoms. The van der Waals surface area contributed by atoms with Crippen molar-refractivity contribution in [3.05, 3.63) is 47.5 Å². The van der Waals surface area contributed by atoms with E-state index in [2.05, 4.69) is 6.07 Å². The summed E-state index contributed by atoms with van der Waals surface area (Å²) in [6.07, 6.45) is 0. The molecule has 0 amide bonds. The van der Waals surface area contributed by atoms with E-state index in [9.17, 15) is 0 Å². The molecule has 2 rings (SSSR count). The van der Waals surface area contributed by atoms with Crippen molar-refractivity contribution in [2.24, 2.45) is 0 Å². The highest BCUT2D eigenvalue weighted by Crippen LogP contribution is 2.31. The molecule has 0 aliphatic rings. The highest BCUT2D eigenvalue weighted by Gasteiger charge is 2.10. The SMILES string of the molecule is N#Cc1cccc(-c2ccc(N)c(C#N)c2N)c1. The average molecular weight is 234 g/mol. The van der Waals surface area contributed by atoms with Gasteiger partial charge in [0.1, 0.15) is 6.07 Å². The minimum atomic E-state index is 0.273. The van der Waals surface area contributed by atoms with Crippen LogP contribution in [0.4, 0.5) is 11.4 Å². The summed E-state index contributed by atoms with van der Waals surface area (Å²) < 4.78 is 0. The molecule has 86 valence electrons. The summed E-state index contributed by atoms with van der Waals surface area (Å²) in [6, 6.07) is 14.5. The van der Waals surface area contributed by atoms with E-state index in [0.717, 1.165) is 5.56 Å². The molecule has 0 bridgehead atoms. The Hall–Kier alpha value is -2.98. The Morgan fingerprint density at radius 1 is 0.944 bits per heavy atom. The Morgan fingerprint density at radius 3 is 2.39 bits per heavy atom. The second kappa shape index (κ2) is 4.48. The number of nitrogens with two attached hydrogens (primary N) is 2. The van der Waals surface area contributed by atoms with Gasteiger partial charge in [-0.25, -0.2) is 0 Å². The lowest BCUT2D eigenvalue weighted by atomic mass is 9.98. The summed E-state index contributed by atoms with van der Waals surface area (Å²) in [6.45, 7) is 0. The maximum absolute atomic E-state index is 9.01. The molecule has 0 heterocycles. The molecule has 4 nitrogen and oxygen atoms in total. The quantitative estimate of drug-likeness (QED) is 0.739. The van der Waals surface area contributed by atoms with Crippen LogP contribution in [0.1, 0.15) is 11.1 Å². The molecule has 0 fully saturated rings. The van der Waals surface area contributed by atoms with Crippen LogP contribution in [-0.4, -0.2) is 0 Å². The number of benzene rings is 2. The molecule has 0 saturated carbocycles. The summed E-state index contributed by atoms with van der Waals surface area (Å²) in [5, 5.41) is 17.9. The number of anilines is 2. The Labute approximate surface area is 105 Å². The van der Waals surface area contributed by atoms with Crippen molar-refractivity contribution in [2.45, 2.75) is 0 Å². The van der Waals surface area contributed by atoms with Crippen molar-refractivity contribution >= 4 is 11.4 Å². The standard InChI is InChI=1S/C14H10N4/c15-7-9-2-1-3-10(6-9)11-4-5-13(17)12(8-16)14(11)18/h1-6H,17-18H2. The number of rotatable bonds is 1. The van der Waals surface area contributed by atoms with E-state index >= 15 is 0 Å². The van der Waals surface area contributed by atoms with Gasteiger partial charge in [-0.2, -0.15) is 10.5 Å². The summed E-state index contributed by atoms with van der Waals surface area (Å²) >= 11 is 0. The fraction of sp³-hybridized carbons (Fsp3) is 0. The smallest absolute Gasteiger partial charge is 0.104 e. The molecule has 0 unspecified atom stereocenters. The molecule has 0 spiro atoms. The first-order chi connectivity index (χ1) is 8.67. The van der Waals surface area contributed by atoms with Crippen LogP contribution in [0.5, 0.6) is 0 Å². The van der Waals surface area contributed by atoms with Gasteiger partial charge in [-0.15, -0.1) is 0 Å². The Bertz CT molecular complexity index is 690. The van der Waals surface area contributed by atoms with Crippen molar-refractivity contribution < 1.29 is 0 Å². The molecule has 0 saturated heterocycles. The average Bonchev–Trinajstić information content (AvgIpc) is 2.39. The van der Waals surface area contributed by atoms with Gasteiger partial charge in [0.2, 0.25) is 0 Å². The summed E-state index contributed by atoms with van der Waals surface area (Å²) in [5.41, 5.74) is 14.6. The van der Waals surface area contributed by atoms with Crippen LogP contribution in [0.3, 0.4) is 0 Å². The van der Waals surface area contributed by atoms with Gasteiger partial charge in [-0.05, 0) is 23.8 Å². The number of hydrogen-bond donors (Lipinski definition) is 2. The predicted molar refractivity (Wildman–Crippen MR) is 70.1 cm³/mol. The Morgan fingerprint density at radius 2 is 1.72 bits per heavy atom. The van der Waals surface area contributed by atoms with Crippen molar-refractivity contribution in [3.8, 4) is 23.3 Å². The van der Waals surface area contributed by atoms with Crippen LogP contribution >= 0.6 is 0 Å². The van der Waals surface area contributed by atoms with E-state index < -0.39 is 0 Å². The van der Waals surface area contributed by atoms with Gasteiger partial charge in [-0.3, -0.25) is 0 Å². The first-order valence-electron chi connectivity index (χ1n) is 5.26.